The van der Waals surface area contributed by atoms with Crippen molar-refractivity contribution in [2.45, 2.75) is 18.9 Å². The van der Waals surface area contributed by atoms with Gasteiger partial charge in [-0.15, -0.1) is 0 Å². The second kappa shape index (κ2) is 4.69. The third-order valence-electron chi connectivity index (χ3n) is 2.17. The molecule has 0 saturated carbocycles. The fourth-order valence-electron chi connectivity index (χ4n) is 1.41. The quantitative estimate of drug-likeness (QED) is 0.574. The van der Waals surface area contributed by atoms with Crippen molar-refractivity contribution < 1.29 is 4.12 Å². The first-order valence-corrected chi connectivity index (χ1v) is 6.38. The molecule has 2 unspecified atom stereocenters. The summed E-state index contributed by atoms with van der Waals surface area (Å²) < 4.78 is 5.38. The minimum atomic E-state index is -0.222. The lowest BCUT2D eigenvalue weighted by Gasteiger charge is -2.19. The van der Waals surface area contributed by atoms with E-state index in [1.165, 1.54) is 6.42 Å². The Morgan fingerprint density at radius 2 is 2.45 bits per heavy atom. The predicted octanol–water partition coefficient (Wildman–Crippen LogP) is 0.308. The van der Waals surface area contributed by atoms with Crippen molar-refractivity contribution in [3.05, 3.63) is 24.3 Å². The molecule has 0 spiro atoms. The van der Waals surface area contributed by atoms with Crippen LogP contribution in [0.4, 0.5) is 0 Å². The third-order valence-corrected chi connectivity index (χ3v) is 4.64. The topological polar surface area (TPSA) is 9.23 Å². The van der Waals surface area contributed by atoms with Crippen LogP contribution in [0.5, 0.6) is 0 Å². The maximum atomic E-state index is 5.38. The second-order valence-electron chi connectivity index (χ2n) is 3.15. The Morgan fingerprint density at radius 1 is 1.64 bits per heavy atom. The van der Waals surface area contributed by atoms with Gasteiger partial charge in [0, 0.05) is 0 Å². The van der Waals surface area contributed by atoms with Crippen molar-refractivity contribution in [3.8, 4) is 0 Å². The monoisotopic (exact) mass is 184 g/mol. The minimum absolute atomic E-state index is 0.222. The van der Waals surface area contributed by atoms with E-state index in [2.05, 4.69) is 31.2 Å². The first-order valence-electron chi connectivity index (χ1n) is 4.17. The van der Waals surface area contributed by atoms with Crippen LogP contribution in [0.3, 0.4) is 0 Å². The average molecular weight is 184 g/mol. The zero-order valence-corrected chi connectivity index (χ0v) is 10.7. The highest BCUT2D eigenvalue weighted by Gasteiger charge is 2.13. The van der Waals surface area contributed by atoms with Crippen LogP contribution in [-0.2, 0) is 4.12 Å². The van der Waals surface area contributed by atoms with Gasteiger partial charge < -0.3 is 4.12 Å². The Labute approximate surface area is 74.0 Å². The zero-order valence-electron chi connectivity index (χ0n) is 7.29. The van der Waals surface area contributed by atoms with Gasteiger partial charge in [-0.05, 0) is 17.9 Å². The van der Waals surface area contributed by atoms with Gasteiger partial charge in [0.2, 0.25) is 0 Å². The Balaban J connectivity index is 2.35. The van der Waals surface area contributed by atoms with Crippen molar-refractivity contribution in [1.82, 2.24) is 0 Å². The molecule has 1 nitrogen and oxygen atoms in total. The number of hydrogen-bond acceptors (Lipinski definition) is 1. The van der Waals surface area contributed by atoms with Crippen LogP contribution in [-0.4, -0.2) is 20.2 Å². The molecule has 3 heteroatoms. The molecule has 0 aromatic heterocycles. The fourth-order valence-corrected chi connectivity index (χ4v) is 4.11. The lowest BCUT2D eigenvalue weighted by Crippen LogP contribution is -2.13. The highest BCUT2D eigenvalue weighted by Crippen LogP contribution is 2.24. The maximum Gasteiger partial charge on any atom is 0.149 e. The fraction of sp³-hybridized carbons (Fsp3) is 0.500. The van der Waals surface area contributed by atoms with Crippen LogP contribution < -0.4 is 0 Å². The van der Waals surface area contributed by atoms with Gasteiger partial charge in [0.25, 0.3) is 0 Å². The molecule has 0 aliphatic heterocycles. The largest absolute Gasteiger partial charge is 0.468 e. The SMILES string of the molecule is CC([SiH2]O[SiH3])C1C=CC=CC1. The Kier molecular flexibility index (Phi) is 3.82. The Morgan fingerprint density at radius 3 is 3.00 bits per heavy atom. The zero-order chi connectivity index (χ0) is 8.10. The molecule has 0 radical (unpaired) electrons. The molecule has 2 atom stereocenters. The Bertz CT molecular complexity index is 165. The first-order chi connectivity index (χ1) is 5.34. The van der Waals surface area contributed by atoms with Crippen LogP contribution in [0.15, 0.2) is 24.3 Å². The highest BCUT2D eigenvalue weighted by atomic mass is 28.3. The van der Waals surface area contributed by atoms with Gasteiger partial charge in [-0.3, -0.25) is 0 Å². The van der Waals surface area contributed by atoms with Crippen LogP contribution in [0.1, 0.15) is 13.3 Å². The van der Waals surface area contributed by atoms with Crippen LogP contribution >= 0.6 is 0 Å². The molecule has 0 fully saturated rings. The first kappa shape index (κ1) is 8.97. The van der Waals surface area contributed by atoms with Crippen molar-refractivity contribution in [2.24, 2.45) is 5.92 Å². The molecule has 1 rings (SSSR count). The average Bonchev–Trinajstić information content (AvgIpc) is 2.07. The third kappa shape index (κ3) is 2.77. The van der Waals surface area contributed by atoms with E-state index in [0.29, 0.717) is 0 Å². The summed E-state index contributed by atoms with van der Waals surface area (Å²) in [7, 11) is 0.705. The van der Waals surface area contributed by atoms with E-state index < -0.39 is 0 Å². The second-order valence-corrected chi connectivity index (χ2v) is 7.08. The van der Waals surface area contributed by atoms with Gasteiger partial charge in [-0.25, -0.2) is 0 Å². The van der Waals surface area contributed by atoms with Crippen LogP contribution in [0.25, 0.3) is 0 Å². The lowest BCUT2D eigenvalue weighted by molar-refractivity contribution is 0.562. The minimum Gasteiger partial charge on any atom is -0.468 e. The summed E-state index contributed by atoms with van der Waals surface area (Å²) >= 11 is 0. The summed E-state index contributed by atoms with van der Waals surface area (Å²) in [6, 6.07) is 0. The van der Waals surface area contributed by atoms with E-state index >= 15 is 0 Å². The summed E-state index contributed by atoms with van der Waals surface area (Å²) in [6.07, 6.45) is 10.1. The van der Waals surface area contributed by atoms with Gasteiger partial charge >= 0.3 is 0 Å². The van der Waals surface area contributed by atoms with E-state index in [1.54, 1.807) is 0 Å². The number of hydrogen-bond donors (Lipinski definition) is 0. The number of allylic oxidation sites excluding steroid dienone is 4. The molecule has 1 aliphatic rings. The van der Waals surface area contributed by atoms with E-state index in [4.69, 9.17) is 4.12 Å². The van der Waals surface area contributed by atoms with Crippen molar-refractivity contribution in [2.75, 3.05) is 0 Å². The van der Waals surface area contributed by atoms with Crippen molar-refractivity contribution in [1.29, 1.82) is 0 Å². The predicted molar refractivity (Wildman–Crippen MR) is 55.4 cm³/mol. The smallest absolute Gasteiger partial charge is 0.149 e. The molecule has 0 aromatic carbocycles. The number of rotatable bonds is 3. The molecule has 0 heterocycles. The van der Waals surface area contributed by atoms with E-state index in [9.17, 15) is 0 Å². The van der Waals surface area contributed by atoms with Gasteiger partial charge in [0.1, 0.15) is 20.2 Å². The molecule has 0 aromatic rings. The Hall–Kier alpha value is -0.126. The molecular formula is C8H16OSi2. The summed E-state index contributed by atoms with van der Waals surface area (Å²) in [6.45, 7) is 2.32. The van der Waals surface area contributed by atoms with Crippen LogP contribution in [0, 0.1) is 5.92 Å². The lowest BCUT2D eigenvalue weighted by atomic mass is 9.98. The molecular weight excluding hydrogens is 168 g/mol. The van der Waals surface area contributed by atoms with Crippen molar-refractivity contribution >= 4 is 20.2 Å². The standard InChI is InChI=1S/C8H16OSi2/c1-7(11-9-10)8-5-3-2-4-6-8/h2-5,7-8H,6,11H2,1,10H3. The van der Waals surface area contributed by atoms with E-state index in [-0.39, 0.29) is 9.76 Å². The molecule has 0 N–H and O–H groups in total. The molecule has 11 heavy (non-hydrogen) atoms. The summed E-state index contributed by atoms with van der Waals surface area (Å²) in [5, 5.41) is 0. The molecule has 0 saturated heterocycles. The molecule has 0 bridgehead atoms. The van der Waals surface area contributed by atoms with Gasteiger partial charge in [-0.2, -0.15) is 0 Å². The molecule has 0 amide bonds. The molecule has 1 aliphatic carbocycles. The van der Waals surface area contributed by atoms with E-state index in [1.807, 2.05) is 0 Å². The maximum absolute atomic E-state index is 5.38. The van der Waals surface area contributed by atoms with Crippen molar-refractivity contribution in [3.63, 3.8) is 0 Å². The van der Waals surface area contributed by atoms with E-state index in [0.717, 1.165) is 21.9 Å². The van der Waals surface area contributed by atoms with Crippen LogP contribution in [0.2, 0.25) is 5.54 Å². The van der Waals surface area contributed by atoms with Gasteiger partial charge in [0.05, 0.1) is 0 Å². The van der Waals surface area contributed by atoms with Gasteiger partial charge in [-0.1, -0.05) is 31.2 Å². The molecule has 62 valence electrons. The summed E-state index contributed by atoms with van der Waals surface area (Å²) in [5.41, 5.74) is 0.814. The summed E-state index contributed by atoms with van der Waals surface area (Å²) in [4.78, 5) is 0. The highest BCUT2D eigenvalue weighted by molar-refractivity contribution is 6.36. The normalized spacial score (nSPS) is 26.8. The van der Waals surface area contributed by atoms with Gasteiger partial charge in [0.15, 0.2) is 0 Å². The summed E-state index contributed by atoms with van der Waals surface area (Å²) in [5.74, 6) is 0.764.